The van der Waals surface area contributed by atoms with Gasteiger partial charge in [0.2, 0.25) is 5.91 Å². The molecule has 1 fully saturated rings. The molecule has 0 radical (unpaired) electrons. The van der Waals surface area contributed by atoms with E-state index in [9.17, 15) is 14.7 Å². The number of aliphatic hydroxyl groups is 1. The number of carbonyl (C=O) groups excluding carboxylic acids is 1. The standard InChI is InChI=1S/C14H16ClNO5/c15-9-2-1-3-11(6-9)21-5-4-13(18)16-8-10(17)7-12(16)14(19)20/h1-3,6,10,12,17H,4-5,7-8H2,(H,19,20)/t10-,12-/m1/s1. The van der Waals surface area contributed by atoms with E-state index in [2.05, 4.69) is 0 Å². The number of hydrogen-bond donors (Lipinski definition) is 2. The highest BCUT2D eigenvalue weighted by atomic mass is 35.5. The molecule has 1 aromatic rings. The minimum Gasteiger partial charge on any atom is -0.493 e. The summed E-state index contributed by atoms with van der Waals surface area (Å²) >= 11 is 5.81. The normalized spacial score (nSPS) is 21.3. The molecule has 7 heteroatoms. The van der Waals surface area contributed by atoms with Crippen LogP contribution in [0.3, 0.4) is 0 Å². The number of carboxylic acids is 1. The molecule has 2 N–H and O–H groups in total. The second kappa shape index (κ2) is 6.78. The van der Waals surface area contributed by atoms with E-state index in [0.717, 1.165) is 0 Å². The lowest BCUT2D eigenvalue weighted by molar-refractivity contribution is -0.148. The lowest BCUT2D eigenvalue weighted by atomic mass is 10.2. The van der Waals surface area contributed by atoms with Crippen LogP contribution in [0.25, 0.3) is 0 Å². The maximum absolute atomic E-state index is 12.0. The zero-order valence-corrected chi connectivity index (χ0v) is 12.0. The molecule has 0 bridgehead atoms. The van der Waals surface area contributed by atoms with Crippen molar-refractivity contribution in [3.05, 3.63) is 29.3 Å². The highest BCUT2D eigenvalue weighted by Gasteiger charge is 2.38. The number of amides is 1. The maximum Gasteiger partial charge on any atom is 0.326 e. The number of rotatable bonds is 5. The van der Waals surface area contributed by atoms with E-state index in [1.54, 1.807) is 24.3 Å². The molecule has 0 aliphatic carbocycles. The van der Waals surface area contributed by atoms with Gasteiger partial charge in [0.05, 0.1) is 19.1 Å². The van der Waals surface area contributed by atoms with Crippen LogP contribution in [-0.4, -0.2) is 52.3 Å². The summed E-state index contributed by atoms with van der Waals surface area (Å²) in [4.78, 5) is 24.2. The van der Waals surface area contributed by atoms with E-state index in [0.29, 0.717) is 10.8 Å². The third kappa shape index (κ3) is 4.09. The van der Waals surface area contributed by atoms with Crippen molar-refractivity contribution in [2.75, 3.05) is 13.2 Å². The second-order valence-electron chi connectivity index (χ2n) is 4.85. The zero-order chi connectivity index (χ0) is 15.4. The summed E-state index contributed by atoms with van der Waals surface area (Å²) in [5, 5.41) is 19.1. The van der Waals surface area contributed by atoms with Crippen molar-refractivity contribution in [2.24, 2.45) is 0 Å². The first kappa shape index (κ1) is 15.6. The predicted octanol–water partition coefficient (Wildman–Crippen LogP) is 1.16. The molecule has 1 heterocycles. The molecular weight excluding hydrogens is 298 g/mol. The lowest BCUT2D eigenvalue weighted by Gasteiger charge is -2.21. The average Bonchev–Trinajstić information content (AvgIpc) is 2.81. The first-order valence-electron chi connectivity index (χ1n) is 6.56. The van der Waals surface area contributed by atoms with Gasteiger partial charge in [-0.2, -0.15) is 0 Å². The van der Waals surface area contributed by atoms with Crippen molar-refractivity contribution < 1.29 is 24.5 Å². The number of likely N-dealkylation sites (tertiary alicyclic amines) is 1. The average molecular weight is 314 g/mol. The summed E-state index contributed by atoms with van der Waals surface area (Å²) < 4.78 is 5.40. The molecule has 1 aliphatic heterocycles. The molecule has 1 saturated heterocycles. The van der Waals surface area contributed by atoms with Gasteiger partial charge in [-0.05, 0) is 18.2 Å². The fraction of sp³-hybridized carbons (Fsp3) is 0.429. The van der Waals surface area contributed by atoms with Crippen molar-refractivity contribution in [2.45, 2.75) is 25.0 Å². The highest BCUT2D eigenvalue weighted by Crippen LogP contribution is 2.20. The van der Waals surface area contributed by atoms with Crippen molar-refractivity contribution in [3.8, 4) is 5.75 Å². The van der Waals surface area contributed by atoms with Crippen molar-refractivity contribution >= 4 is 23.5 Å². The zero-order valence-electron chi connectivity index (χ0n) is 11.2. The van der Waals surface area contributed by atoms with E-state index in [-0.39, 0.29) is 31.9 Å². The summed E-state index contributed by atoms with van der Waals surface area (Å²) in [7, 11) is 0. The molecule has 6 nitrogen and oxygen atoms in total. The smallest absolute Gasteiger partial charge is 0.326 e. The number of carboxylic acid groups (broad SMARTS) is 1. The SMILES string of the molecule is O=C(O)[C@H]1C[C@@H](O)CN1C(=O)CCOc1cccc(Cl)c1. The molecule has 0 aromatic heterocycles. The summed E-state index contributed by atoms with van der Waals surface area (Å²) in [6.07, 6.45) is -0.678. The Labute approximate surface area is 126 Å². The molecule has 2 atom stereocenters. The molecule has 1 aromatic carbocycles. The topological polar surface area (TPSA) is 87.1 Å². The van der Waals surface area contributed by atoms with Gasteiger partial charge in [-0.15, -0.1) is 0 Å². The molecule has 21 heavy (non-hydrogen) atoms. The Kier molecular flexibility index (Phi) is 5.03. The molecule has 2 rings (SSSR count). The Morgan fingerprint density at radius 2 is 2.19 bits per heavy atom. The van der Waals surface area contributed by atoms with Crippen LogP contribution in [0.4, 0.5) is 0 Å². The molecule has 0 unspecified atom stereocenters. The number of halogens is 1. The number of hydrogen-bond acceptors (Lipinski definition) is 4. The van der Waals surface area contributed by atoms with Gasteiger partial charge >= 0.3 is 5.97 Å². The minimum atomic E-state index is -1.10. The quantitative estimate of drug-likeness (QED) is 0.851. The number of β-amino-alcohol motifs (C(OH)–C–C–N with tert-alkyl or cyclic N) is 1. The predicted molar refractivity (Wildman–Crippen MR) is 75.3 cm³/mol. The Bertz CT molecular complexity index is 536. The van der Waals surface area contributed by atoms with Gasteiger partial charge in [-0.25, -0.2) is 4.79 Å². The number of aliphatic hydroxyl groups excluding tert-OH is 1. The van der Waals surface area contributed by atoms with Gasteiger partial charge in [0.15, 0.2) is 0 Å². The van der Waals surface area contributed by atoms with Crippen LogP contribution in [-0.2, 0) is 9.59 Å². The minimum absolute atomic E-state index is 0.0447. The van der Waals surface area contributed by atoms with Gasteiger partial charge in [0.1, 0.15) is 11.8 Å². The molecule has 1 amide bonds. The van der Waals surface area contributed by atoms with Gasteiger partial charge in [-0.3, -0.25) is 4.79 Å². The Hall–Kier alpha value is -1.79. The number of carbonyl (C=O) groups is 2. The Balaban J connectivity index is 1.85. The fourth-order valence-corrected chi connectivity index (χ4v) is 2.46. The van der Waals surface area contributed by atoms with E-state index >= 15 is 0 Å². The molecule has 114 valence electrons. The number of nitrogens with zero attached hydrogens (tertiary/aromatic N) is 1. The number of ether oxygens (including phenoxy) is 1. The Morgan fingerprint density at radius 3 is 2.86 bits per heavy atom. The van der Waals surface area contributed by atoms with Crippen LogP contribution in [0, 0.1) is 0 Å². The van der Waals surface area contributed by atoms with Crippen LogP contribution >= 0.6 is 11.6 Å². The van der Waals surface area contributed by atoms with E-state index in [1.807, 2.05) is 0 Å². The summed E-state index contributed by atoms with van der Waals surface area (Å²) in [5.74, 6) is -0.900. The van der Waals surface area contributed by atoms with Crippen LogP contribution in [0.1, 0.15) is 12.8 Å². The lowest BCUT2D eigenvalue weighted by Crippen LogP contribution is -2.41. The van der Waals surface area contributed by atoms with Crippen LogP contribution in [0.5, 0.6) is 5.75 Å². The van der Waals surface area contributed by atoms with Gasteiger partial charge in [0, 0.05) is 18.0 Å². The highest BCUT2D eigenvalue weighted by molar-refractivity contribution is 6.30. The summed E-state index contributed by atoms with van der Waals surface area (Å²) in [6.45, 7) is 0.172. The van der Waals surface area contributed by atoms with E-state index in [1.165, 1.54) is 4.90 Å². The second-order valence-corrected chi connectivity index (χ2v) is 5.28. The summed E-state index contributed by atoms with van der Waals surface area (Å²) in [5.41, 5.74) is 0. The molecule has 0 spiro atoms. The third-order valence-electron chi connectivity index (χ3n) is 3.27. The maximum atomic E-state index is 12.0. The third-order valence-corrected chi connectivity index (χ3v) is 3.50. The number of benzene rings is 1. The van der Waals surface area contributed by atoms with Crippen LogP contribution in [0.2, 0.25) is 5.02 Å². The number of aliphatic carboxylic acids is 1. The van der Waals surface area contributed by atoms with Crippen molar-refractivity contribution in [1.29, 1.82) is 0 Å². The Morgan fingerprint density at radius 1 is 1.43 bits per heavy atom. The van der Waals surface area contributed by atoms with E-state index < -0.39 is 18.1 Å². The summed E-state index contributed by atoms with van der Waals surface area (Å²) in [6, 6.07) is 5.83. The largest absolute Gasteiger partial charge is 0.493 e. The van der Waals surface area contributed by atoms with Crippen LogP contribution in [0.15, 0.2) is 24.3 Å². The van der Waals surface area contributed by atoms with Gasteiger partial charge < -0.3 is 19.8 Å². The van der Waals surface area contributed by atoms with E-state index in [4.69, 9.17) is 21.4 Å². The molecule has 1 aliphatic rings. The monoisotopic (exact) mass is 313 g/mol. The molecular formula is C14H16ClNO5. The first-order valence-corrected chi connectivity index (χ1v) is 6.94. The van der Waals surface area contributed by atoms with Crippen LogP contribution < -0.4 is 4.74 Å². The van der Waals surface area contributed by atoms with Gasteiger partial charge in [0.25, 0.3) is 0 Å². The fourth-order valence-electron chi connectivity index (χ4n) is 2.28. The van der Waals surface area contributed by atoms with Crippen molar-refractivity contribution in [1.82, 2.24) is 4.90 Å². The first-order chi connectivity index (χ1) is 9.97. The van der Waals surface area contributed by atoms with Gasteiger partial charge in [-0.1, -0.05) is 17.7 Å². The van der Waals surface area contributed by atoms with Crippen molar-refractivity contribution in [3.63, 3.8) is 0 Å². The molecule has 0 saturated carbocycles.